The van der Waals surface area contributed by atoms with E-state index in [1.807, 2.05) is 61.5 Å². The summed E-state index contributed by atoms with van der Waals surface area (Å²) in [5.74, 6) is 0.921. The molecule has 1 aliphatic carbocycles. The summed E-state index contributed by atoms with van der Waals surface area (Å²) >= 11 is 7.78. The Hall–Kier alpha value is -1.98. The normalized spacial score (nSPS) is 14.9. The summed E-state index contributed by atoms with van der Waals surface area (Å²) < 4.78 is 0. The van der Waals surface area contributed by atoms with Crippen molar-refractivity contribution in [3.8, 4) is 0 Å². The Morgan fingerprint density at radius 1 is 1.10 bits per heavy atom. The molecule has 2 amide bonds. The van der Waals surface area contributed by atoms with Crippen LogP contribution in [0, 0.1) is 0 Å². The predicted octanol–water partition coefficient (Wildman–Crippen LogP) is 5.44. The van der Waals surface area contributed by atoms with Gasteiger partial charge in [0, 0.05) is 23.4 Å². The van der Waals surface area contributed by atoms with Crippen molar-refractivity contribution in [2.75, 3.05) is 5.75 Å². The Balaban J connectivity index is 1.68. The van der Waals surface area contributed by atoms with Gasteiger partial charge in [0.05, 0.1) is 5.75 Å². The zero-order chi connectivity index (χ0) is 22.1. The molecule has 0 aromatic heterocycles. The van der Waals surface area contributed by atoms with E-state index in [-0.39, 0.29) is 17.9 Å². The lowest BCUT2D eigenvalue weighted by atomic mass is 10.1. The summed E-state index contributed by atoms with van der Waals surface area (Å²) in [6.45, 7) is 2.41. The van der Waals surface area contributed by atoms with E-state index < -0.39 is 6.04 Å². The van der Waals surface area contributed by atoms with E-state index in [0.29, 0.717) is 29.5 Å². The van der Waals surface area contributed by atoms with Crippen LogP contribution in [-0.2, 0) is 21.9 Å². The number of carbonyl (C=O) groups is 2. The molecule has 0 aliphatic heterocycles. The van der Waals surface area contributed by atoms with Gasteiger partial charge in [0.15, 0.2) is 0 Å². The van der Waals surface area contributed by atoms with Gasteiger partial charge in [0.2, 0.25) is 11.8 Å². The lowest BCUT2D eigenvalue weighted by Gasteiger charge is -2.31. The summed E-state index contributed by atoms with van der Waals surface area (Å²) in [5.41, 5.74) is 2.04. The van der Waals surface area contributed by atoms with Crippen LogP contribution in [0.5, 0.6) is 0 Å². The number of nitrogens with zero attached hydrogens (tertiary/aromatic N) is 1. The van der Waals surface area contributed by atoms with Crippen molar-refractivity contribution in [3.05, 3.63) is 70.7 Å². The van der Waals surface area contributed by atoms with Crippen molar-refractivity contribution in [1.82, 2.24) is 10.2 Å². The molecule has 1 atom stereocenters. The third-order valence-corrected chi connectivity index (χ3v) is 7.06. The van der Waals surface area contributed by atoms with E-state index in [0.717, 1.165) is 36.8 Å². The fraction of sp³-hybridized carbons (Fsp3) is 0.440. The van der Waals surface area contributed by atoms with Gasteiger partial charge in [-0.05, 0) is 36.5 Å². The summed E-state index contributed by atoms with van der Waals surface area (Å²) in [6.07, 6.45) is 4.97. The minimum atomic E-state index is -0.464. The van der Waals surface area contributed by atoms with E-state index in [9.17, 15) is 9.59 Å². The maximum Gasteiger partial charge on any atom is 0.243 e. The van der Waals surface area contributed by atoms with E-state index in [2.05, 4.69) is 5.32 Å². The van der Waals surface area contributed by atoms with Gasteiger partial charge in [-0.3, -0.25) is 9.59 Å². The monoisotopic (exact) mass is 458 g/mol. The van der Waals surface area contributed by atoms with Gasteiger partial charge in [0.25, 0.3) is 0 Å². The van der Waals surface area contributed by atoms with Crippen molar-refractivity contribution in [1.29, 1.82) is 0 Å². The molecule has 166 valence electrons. The van der Waals surface area contributed by atoms with Crippen molar-refractivity contribution < 1.29 is 9.59 Å². The summed E-state index contributed by atoms with van der Waals surface area (Å²) in [6, 6.07) is 17.3. The number of carbonyl (C=O) groups excluding carboxylic acids is 2. The maximum absolute atomic E-state index is 13.3. The topological polar surface area (TPSA) is 49.4 Å². The molecule has 0 radical (unpaired) electrons. The Morgan fingerprint density at radius 2 is 1.77 bits per heavy atom. The van der Waals surface area contributed by atoms with Crippen LogP contribution in [0.15, 0.2) is 54.6 Å². The molecule has 3 rings (SSSR count). The Labute approximate surface area is 194 Å². The molecule has 1 saturated carbocycles. The SMILES string of the molecule is CC[C@@H](C(=O)NC1CCCC1)N(Cc1ccccc1)C(=O)CSCc1ccccc1Cl. The zero-order valence-electron chi connectivity index (χ0n) is 18.1. The molecular formula is C25H31ClN2O2S. The average Bonchev–Trinajstić information content (AvgIpc) is 3.28. The molecule has 1 aliphatic rings. The van der Waals surface area contributed by atoms with Gasteiger partial charge in [-0.2, -0.15) is 0 Å². The smallest absolute Gasteiger partial charge is 0.243 e. The van der Waals surface area contributed by atoms with E-state index in [1.54, 1.807) is 4.90 Å². The Kier molecular flexibility index (Phi) is 9.29. The van der Waals surface area contributed by atoms with Crippen LogP contribution >= 0.6 is 23.4 Å². The molecule has 1 N–H and O–H groups in total. The second-order valence-corrected chi connectivity index (χ2v) is 9.40. The molecule has 0 unspecified atom stereocenters. The molecule has 0 bridgehead atoms. The molecule has 0 saturated heterocycles. The molecule has 0 heterocycles. The number of rotatable bonds is 10. The predicted molar refractivity (Wildman–Crippen MR) is 129 cm³/mol. The molecule has 0 spiro atoms. The Morgan fingerprint density at radius 3 is 2.45 bits per heavy atom. The van der Waals surface area contributed by atoms with Crippen LogP contribution in [0.4, 0.5) is 0 Å². The van der Waals surface area contributed by atoms with Gasteiger partial charge < -0.3 is 10.2 Å². The number of halogens is 1. The van der Waals surface area contributed by atoms with Gasteiger partial charge in [0.1, 0.15) is 6.04 Å². The molecule has 2 aromatic carbocycles. The molecular weight excluding hydrogens is 428 g/mol. The zero-order valence-corrected chi connectivity index (χ0v) is 19.6. The highest BCUT2D eigenvalue weighted by Crippen LogP contribution is 2.23. The average molecular weight is 459 g/mol. The minimum absolute atomic E-state index is 0.0191. The highest BCUT2D eigenvalue weighted by atomic mass is 35.5. The third-order valence-electron chi connectivity index (χ3n) is 5.72. The Bertz CT molecular complexity index is 856. The molecule has 31 heavy (non-hydrogen) atoms. The molecule has 4 nitrogen and oxygen atoms in total. The van der Waals surface area contributed by atoms with Gasteiger partial charge in [-0.15, -0.1) is 11.8 Å². The van der Waals surface area contributed by atoms with Crippen molar-refractivity contribution in [3.63, 3.8) is 0 Å². The number of hydrogen-bond acceptors (Lipinski definition) is 3. The van der Waals surface area contributed by atoms with Crippen LogP contribution < -0.4 is 5.32 Å². The van der Waals surface area contributed by atoms with Crippen LogP contribution in [-0.4, -0.2) is 34.6 Å². The van der Waals surface area contributed by atoms with E-state index >= 15 is 0 Å². The van der Waals surface area contributed by atoms with Crippen molar-refractivity contribution in [2.24, 2.45) is 0 Å². The highest BCUT2D eigenvalue weighted by molar-refractivity contribution is 7.99. The number of nitrogens with one attached hydrogen (secondary N) is 1. The molecule has 1 fully saturated rings. The van der Waals surface area contributed by atoms with Gasteiger partial charge >= 0.3 is 0 Å². The lowest BCUT2D eigenvalue weighted by Crippen LogP contribution is -2.51. The molecule has 2 aromatic rings. The number of hydrogen-bond donors (Lipinski definition) is 1. The first-order valence-electron chi connectivity index (χ1n) is 11.0. The first-order chi connectivity index (χ1) is 15.1. The fourth-order valence-corrected chi connectivity index (χ4v) is 5.21. The number of thioether (sulfide) groups is 1. The second kappa shape index (κ2) is 12.2. The maximum atomic E-state index is 13.3. The summed E-state index contributed by atoms with van der Waals surface area (Å²) in [7, 11) is 0. The van der Waals surface area contributed by atoms with Crippen LogP contribution in [0.25, 0.3) is 0 Å². The van der Waals surface area contributed by atoms with Crippen molar-refractivity contribution in [2.45, 2.75) is 63.4 Å². The van der Waals surface area contributed by atoms with Crippen molar-refractivity contribution >= 4 is 35.2 Å². The van der Waals surface area contributed by atoms with Crippen LogP contribution in [0.3, 0.4) is 0 Å². The number of amides is 2. The standard InChI is InChI=1S/C25H31ClN2O2S/c1-2-23(25(30)27-21-13-7-8-14-21)28(16-19-10-4-3-5-11-19)24(29)18-31-17-20-12-6-9-15-22(20)26/h3-6,9-12,15,21,23H,2,7-8,13-14,16-18H2,1H3,(H,27,30)/t23-/m0/s1. The summed E-state index contributed by atoms with van der Waals surface area (Å²) in [5, 5.41) is 3.90. The first kappa shape index (κ1) is 23.7. The van der Waals surface area contributed by atoms with Crippen LogP contribution in [0.2, 0.25) is 5.02 Å². The van der Waals surface area contributed by atoms with Crippen LogP contribution in [0.1, 0.15) is 50.2 Å². The van der Waals surface area contributed by atoms with Gasteiger partial charge in [-0.25, -0.2) is 0 Å². The largest absolute Gasteiger partial charge is 0.352 e. The first-order valence-corrected chi connectivity index (χ1v) is 12.6. The number of benzene rings is 2. The quantitative estimate of drug-likeness (QED) is 0.515. The minimum Gasteiger partial charge on any atom is -0.352 e. The highest BCUT2D eigenvalue weighted by Gasteiger charge is 2.30. The third kappa shape index (κ3) is 7.01. The summed E-state index contributed by atoms with van der Waals surface area (Å²) in [4.78, 5) is 28.1. The second-order valence-electron chi connectivity index (χ2n) is 8.01. The molecule has 6 heteroatoms. The lowest BCUT2D eigenvalue weighted by molar-refractivity contribution is -0.139. The van der Waals surface area contributed by atoms with E-state index in [4.69, 9.17) is 11.6 Å². The fourth-order valence-electron chi connectivity index (χ4n) is 4.01. The van der Waals surface area contributed by atoms with Gasteiger partial charge in [-0.1, -0.05) is 79.9 Å². The van der Waals surface area contributed by atoms with E-state index in [1.165, 1.54) is 11.8 Å².